The second kappa shape index (κ2) is 4.40. The van der Waals surface area contributed by atoms with E-state index in [9.17, 15) is 0 Å². The highest BCUT2D eigenvalue weighted by Gasteiger charge is 2.26. The van der Waals surface area contributed by atoms with Crippen molar-refractivity contribution in [2.45, 2.75) is 37.9 Å². The fraction of sp³-hybridized carbons (Fsp3) is 1.00. The van der Waals surface area contributed by atoms with Crippen LogP contribution in [-0.2, 0) is 4.74 Å². The van der Waals surface area contributed by atoms with Crippen molar-refractivity contribution in [3.05, 3.63) is 0 Å². The number of nitrogens with zero attached hydrogens (tertiary/aromatic N) is 1. The molecule has 0 aromatic heterocycles. The maximum absolute atomic E-state index is 5.81. The molecule has 3 nitrogen and oxygen atoms in total. The summed E-state index contributed by atoms with van der Waals surface area (Å²) in [7, 11) is 0. The third-order valence-corrected chi connectivity index (χ3v) is 3.12. The van der Waals surface area contributed by atoms with E-state index in [1.165, 1.54) is 32.4 Å². The first-order valence-electron chi connectivity index (χ1n) is 5.46. The predicted molar refractivity (Wildman–Crippen MR) is 52.6 cm³/mol. The van der Waals surface area contributed by atoms with Crippen LogP contribution in [-0.4, -0.2) is 43.3 Å². The second-order valence-electron chi connectivity index (χ2n) is 4.20. The summed E-state index contributed by atoms with van der Waals surface area (Å²) in [5.41, 5.74) is 5.57. The molecule has 76 valence electrons. The quantitative estimate of drug-likeness (QED) is 0.697. The Morgan fingerprint density at radius 2 is 1.85 bits per heavy atom. The average Bonchev–Trinajstić information content (AvgIpc) is 2.76. The monoisotopic (exact) mass is 184 g/mol. The molecule has 0 aliphatic carbocycles. The minimum absolute atomic E-state index is 0.340. The molecule has 0 spiro atoms. The van der Waals surface area contributed by atoms with Crippen molar-refractivity contribution >= 4 is 0 Å². The van der Waals surface area contributed by atoms with Crippen molar-refractivity contribution in [2.24, 2.45) is 5.73 Å². The van der Waals surface area contributed by atoms with Gasteiger partial charge in [-0.2, -0.15) is 0 Å². The van der Waals surface area contributed by atoms with Crippen LogP contribution in [0, 0.1) is 0 Å². The van der Waals surface area contributed by atoms with E-state index in [2.05, 4.69) is 4.90 Å². The van der Waals surface area contributed by atoms with Crippen LogP contribution in [0.15, 0.2) is 0 Å². The summed E-state index contributed by atoms with van der Waals surface area (Å²) in [6.07, 6.45) is 5.91. The molecule has 2 heterocycles. The molecule has 0 radical (unpaired) electrons. The zero-order valence-corrected chi connectivity index (χ0v) is 8.24. The molecule has 2 atom stereocenters. The third kappa shape index (κ3) is 2.42. The van der Waals surface area contributed by atoms with Gasteiger partial charge in [0, 0.05) is 13.1 Å². The molecule has 2 aliphatic rings. The molecule has 0 amide bonds. The Hall–Kier alpha value is -0.120. The minimum atomic E-state index is 0.340. The number of rotatable bonds is 3. The lowest BCUT2D eigenvalue weighted by Crippen LogP contribution is -2.31. The van der Waals surface area contributed by atoms with Crippen molar-refractivity contribution in [3.8, 4) is 0 Å². The smallest absolute Gasteiger partial charge is 0.0707 e. The number of likely N-dealkylation sites (tertiary alicyclic amines) is 1. The van der Waals surface area contributed by atoms with Gasteiger partial charge in [-0.15, -0.1) is 0 Å². The standard InChI is InChI=1S/C10H20N2O/c11-7-9-3-4-10(13-9)8-12-5-1-2-6-12/h9-10H,1-8,11H2/t9-,10+/m0/s1. The van der Waals surface area contributed by atoms with Crippen LogP contribution in [0.2, 0.25) is 0 Å². The zero-order chi connectivity index (χ0) is 9.10. The summed E-state index contributed by atoms with van der Waals surface area (Å²) >= 11 is 0. The van der Waals surface area contributed by atoms with E-state index in [-0.39, 0.29) is 0 Å². The third-order valence-electron chi connectivity index (χ3n) is 3.12. The van der Waals surface area contributed by atoms with Crippen LogP contribution in [0.4, 0.5) is 0 Å². The van der Waals surface area contributed by atoms with Gasteiger partial charge in [0.15, 0.2) is 0 Å². The lowest BCUT2D eigenvalue weighted by molar-refractivity contribution is 0.0315. The fourth-order valence-electron chi connectivity index (χ4n) is 2.34. The highest BCUT2D eigenvalue weighted by atomic mass is 16.5. The molecule has 0 saturated carbocycles. The van der Waals surface area contributed by atoms with Gasteiger partial charge < -0.3 is 15.4 Å². The van der Waals surface area contributed by atoms with E-state index in [4.69, 9.17) is 10.5 Å². The van der Waals surface area contributed by atoms with Crippen molar-refractivity contribution in [2.75, 3.05) is 26.2 Å². The summed E-state index contributed by atoms with van der Waals surface area (Å²) in [6, 6.07) is 0. The number of hydrogen-bond donors (Lipinski definition) is 1. The maximum Gasteiger partial charge on any atom is 0.0707 e. The normalized spacial score (nSPS) is 35.8. The summed E-state index contributed by atoms with van der Waals surface area (Å²) in [4.78, 5) is 2.52. The Morgan fingerprint density at radius 3 is 2.46 bits per heavy atom. The first-order chi connectivity index (χ1) is 6.38. The van der Waals surface area contributed by atoms with Crippen LogP contribution in [0.1, 0.15) is 25.7 Å². The molecule has 2 saturated heterocycles. The molecule has 0 aromatic rings. The molecule has 13 heavy (non-hydrogen) atoms. The first kappa shape index (κ1) is 9.44. The largest absolute Gasteiger partial charge is 0.372 e. The van der Waals surface area contributed by atoms with Crippen LogP contribution in [0.3, 0.4) is 0 Å². The van der Waals surface area contributed by atoms with Crippen LogP contribution >= 0.6 is 0 Å². The van der Waals surface area contributed by atoms with E-state index >= 15 is 0 Å². The van der Waals surface area contributed by atoms with E-state index in [1.807, 2.05) is 0 Å². The van der Waals surface area contributed by atoms with Gasteiger partial charge in [-0.25, -0.2) is 0 Å². The van der Waals surface area contributed by atoms with E-state index in [0.29, 0.717) is 18.8 Å². The van der Waals surface area contributed by atoms with Gasteiger partial charge in [-0.1, -0.05) is 0 Å². The van der Waals surface area contributed by atoms with Crippen molar-refractivity contribution in [3.63, 3.8) is 0 Å². The van der Waals surface area contributed by atoms with Crippen molar-refractivity contribution < 1.29 is 4.74 Å². The van der Waals surface area contributed by atoms with Gasteiger partial charge in [0.25, 0.3) is 0 Å². The number of nitrogens with two attached hydrogens (primary N) is 1. The van der Waals surface area contributed by atoms with Crippen LogP contribution < -0.4 is 5.73 Å². The predicted octanol–water partition coefficient (Wildman–Crippen LogP) is 0.588. The molecule has 0 bridgehead atoms. The lowest BCUT2D eigenvalue weighted by Gasteiger charge is -2.19. The Labute approximate surface area is 80.2 Å². The maximum atomic E-state index is 5.81. The SMILES string of the molecule is NC[C@@H]1CC[C@H](CN2CCCC2)O1. The van der Waals surface area contributed by atoms with Crippen molar-refractivity contribution in [1.29, 1.82) is 0 Å². The van der Waals surface area contributed by atoms with E-state index in [0.717, 1.165) is 13.0 Å². The highest BCUT2D eigenvalue weighted by molar-refractivity contribution is 4.78. The first-order valence-corrected chi connectivity index (χ1v) is 5.46. The second-order valence-corrected chi connectivity index (χ2v) is 4.20. The van der Waals surface area contributed by atoms with Gasteiger partial charge in [-0.3, -0.25) is 0 Å². The zero-order valence-electron chi connectivity index (χ0n) is 8.24. The number of ether oxygens (including phenoxy) is 1. The fourth-order valence-corrected chi connectivity index (χ4v) is 2.34. The average molecular weight is 184 g/mol. The summed E-state index contributed by atoms with van der Waals surface area (Å²) in [6.45, 7) is 4.37. The Morgan fingerprint density at radius 1 is 1.15 bits per heavy atom. The van der Waals surface area contributed by atoms with Crippen molar-refractivity contribution in [1.82, 2.24) is 4.90 Å². The molecule has 2 fully saturated rings. The highest BCUT2D eigenvalue weighted by Crippen LogP contribution is 2.21. The van der Waals surface area contributed by atoms with Gasteiger partial charge in [0.2, 0.25) is 0 Å². The Balaban J connectivity index is 1.70. The topological polar surface area (TPSA) is 38.5 Å². The Kier molecular flexibility index (Phi) is 3.19. The van der Waals surface area contributed by atoms with Gasteiger partial charge in [0.05, 0.1) is 12.2 Å². The molecule has 0 aromatic carbocycles. The summed E-state index contributed by atoms with van der Waals surface area (Å²) in [5.74, 6) is 0. The lowest BCUT2D eigenvalue weighted by atomic mass is 10.2. The molecule has 2 aliphatic heterocycles. The van der Waals surface area contributed by atoms with Gasteiger partial charge in [-0.05, 0) is 38.8 Å². The van der Waals surface area contributed by atoms with Crippen LogP contribution in [0.5, 0.6) is 0 Å². The van der Waals surface area contributed by atoms with E-state index in [1.54, 1.807) is 0 Å². The summed E-state index contributed by atoms with van der Waals surface area (Å²) in [5, 5.41) is 0. The minimum Gasteiger partial charge on any atom is -0.372 e. The molecule has 2 N–H and O–H groups in total. The van der Waals surface area contributed by atoms with Crippen LogP contribution in [0.25, 0.3) is 0 Å². The molecular formula is C10H20N2O. The molecular weight excluding hydrogens is 164 g/mol. The van der Waals surface area contributed by atoms with E-state index < -0.39 is 0 Å². The van der Waals surface area contributed by atoms with Gasteiger partial charge >= 0.3 is 0 Å². The number of hydrogen-bond acceptors (Lipinski definition) is 3. The summed E-state index contributed by atoms with van der Waals surface area (Å²) < 4.78 is 5.81. The van der Waals surface area contributed by atoms with Gasteiger partial charge in [0.1, 0.15) is 0 Å². The Bertz CT molecular complexity index is 157. The molecule has 0 unspecified atom stereocenters. The molecule has 2 rings (SSSR count). The molecule has 3 heteroatoms.